The number of nitrogens with two attached hydrogens (primary N) is 1. The Morgan fingerprint density at radius 2 is 1.28 bits per heavy atom. The molecular formula is C44H43N7O2. The topological polar surface area (TPSA) is 114 Å². The number of aryl methyl sites for hydroxylation is 1. The molecule has 0 fully saturated rings. The molecular weight excluding hydrogens is 659 g/mol. The molecule has 0 unspecified atom stereocenters. The molecule has 9 heteroatoms. The Morgan fingerprint density at radius 1 is 0.717 bits per heavy atom. The molecule has 53 heavy (non-hydrogen) atoms. The van der Waals surface area contributed by atoms with E-state index in [0.29, 0.717) is 18.1 Å². The zero-order chi connectivity index (χ0) is 36.6. The molecule has 0 aliphatic carbocycles. The van der Waals surface area contributed by atoms with Crippen LogP contribution in [0.25, 0.3) is 22.5 Å². The van der Waals surface area contributed by atoms with Gasteiger partial charge in [-0.05, 0) is 57.2 Å². The third-order valence-corrected chi connectivity index (χ3v) is 9.68. The average Bonchev–Trinajstić information content (AvgIpc) is 3.81. The fourth-order valence-electron chi connectivity index (χ4n) is 7.22. The number of anilines is 1. The van der Waals surface area contributed by atoms with Gasteiger partial charge in [-0.25, -0.2) is 14.5 Å². The molecule has 0 radical (unpaired) electrons. The summed E-state index contributed by atoms with van der Waals surface area (Å²) in [6.45, 7) is 4.65. The fourth-order valence-corrected chi connectivity index (χ4v) is 7.22. The lowest BCUT2D eigenvalue weighted by Gasteiger charge is -2.36. The predicted octanol–water partition coefficient (Wildman–Crippen LogP) is 8.58. The number of tetrazole rings is 1. The van der Waals surface area contributed by atoms with E-state index in [1.54, 1.807) is 6.92 Å². The van der Waals surface area contributed by atoms with E-state index < -0.39 is 11.5 Å². The van der Waals surface area contributed by atoms with Crippen LogP contribution in [0.3, 0.4) is 0 Å². The molecule has 266 valence electrons. The minimum atomic E-state index is -0.877. The normalized spacial score (nSPS) is 11.4. The molecule has 0 bridgehead atoms. The number of aromatic nitrogens is 6. The van der Waals surface area contributed by atoms with E-state index in [4.69, 9.17) is 20.8 Å². The summed E-state index contributed by atoms with van der Waals surface area (Å²) in [6.07, 6.45) is 3.85. The Hall–Kier alpha value is -6.35. The first-order valence-electron chi connectivity index (χ1n) is 18.2. The van der Waals surface area contributed by atoms with Crippen molar-refractivity contribution in [2.45, 2.75) is 51.6 Å². The maximum Gasteiger partial charge on any atom is 0.358 e. The molecule has 2 heterocycles. The largest absolute Gasteiger partial charge is 0.461 e. The van der Waals surface area contributed by atoms with Crippen molar-refractivity contribution in [3.05, 3.63) is 173 Å². The summed E-state index contributed by atoms with van der Waals surface area (Å²) in [5.74, 6) is 1.17. The molecule has 2 aromatic heterocycles. The quantitative estimate of drug-likeness (QED) is 0.0687. The van der Waals surface area contributed by atoms with Crippen LogP contribution in [0.2, 0.25) is 0 Å². The molecule has 2 N–H and O–H groups in total. The first-order valence-corrected chi connectivity index (χ1v) is 18.2. The average molecular weight is 702 g/mol. The molecule has 9 nitrogen and oxygen atoms in total. The van der Waals surface area contributed by atoms with Crippen molar-refractivity contribution < 1.29 is 9.53 Å². The highest BCUT2D eigenvalue weighted by Gasteiger charge is 2.42. The summed E-state index contributed by atoms with van der Waals surface area (Å²) >= 11 is 0. The number of hydrogen-bond acceptors (Lipinski definition) is 7. The number of imidazole rings is 1. The second kappa shape index (κ2) is 15.9. The highest BCUT2D eigenvalue weighted by Crippen LogP contribution is 2.43. The van der Waals surface area contributed by atoms with Gasteiger partial charge in [0, 0.05) is 18.5 Å². The van der Waals surface area contributed by atoms with Crippen molar-refractivity contribution in [3.8, 4) is 22.5 Å². The minimum absolute atomic E-state index is 0.204. The molecule has 0 atom stereocenters. The molecule has 0 saturated carbocycles. The van der Waals surface area contributed by atoms with Crippen LogP contribution in [-0.2, 0) is 23.2 Å². The highest BCUT2D eigenvalue weighted by molar-refractivity contribution is 5.92. The van der Waals surface area contributed by atoms with Crippen molar-refractivity contribution in [2.75, 3.05) is 12.3 Å². The summed E-state index contributed by atoms with van der Waals surface area (Å²) in [4.78, 5) is 17.6. The van der Waals surface area contributed by atoms with Crippen LogP contribution in [-0.4, -0.2) is 42.3 Å². The number of carbonyl (C=O) groups is 1. The number of rotatable bonds is 14. The maximum absolute atomic E-state index is 13.0. The van der Waals surface area contributed by atoms with Crippen LogP contribution in [0.5, 0.6) is 0 Å². The zero-order valence-electron chi connectivity index (χ0n) is 30.1. The molecule has 7 aromatic rings. The summed E-state index contributed by atoms with van der Waals surface area (Å²) in [6, 6.07) is 47.8. The number of unbranched alkanes of at least 4 members (excludes halogenated alkanes) is 2. The van der Waals surface area contributed by atoms with E-state index in [9.17, 15) is 4.79 Å². The first kappa shape index (κ1) is 35.1. The van der Waals surface area contributed by atoms with E-state index >= 15 is 0 Å². The molecule has 0 amide bonds. The van der Waals surface area contributed by atoms with E-state index in [2.05, 4.69) is 126 Å². The van der Waals surface area contributed by atoms with Gasteiger partial charge in [0.1, 0.15) is 11.4 Å². The van der Waals surface area contributed by atoms with Gasteiger partial charge < -0.3 is 15.0 Å². The van der Waals surface area contributed by atoms with Crippen LogP contribution in [0, 0.1) is 0 Å². The van der Waals surface area contributed by atoms with Gasteiger partial charge >= 0.3 is 5.97 Å². The Balaban J connectivity index is 1.31. The van der Waals surface area contributed by atoms with Crippen molar-refractivity contribution in [2.24, 2.45) is 0 Å². The summed E-state index contributed by atoms with van der Waals surface area (Å²) in [5, 5.41) is 13.8. The lowest BCUT2D eigenvalue weighted by molar-refractivity contribution is 0.0515. The second-order valence-electron chi connectivity index (χ2n) is 13.0. The first-order chi connectivity index (χ1) is 26.1. The molecule has 0 spiro atoms. The fraction of sp³-hybridized carbons (Fsp3) is 0.205. The van der Waals surface area contributed by atoms with Crippen LogP contribution < -0.4 is 5.73 Å². The Labute approximate surface area is 310 Å². The van der Waals surface area contributed by atoms with Crippen LogP contribution in [0.15, 0.2) is 140 Å². The summed E-state index contributed by atoms with van der Waals surface area (Å²) in [7, 11) is 0. The van der Waals surface area contributed by atoms with Crippen molar-refractivity contribution in [1.29, 1.82) is 0 Å². The van der Waals surface area contributed by atoms with Gasteiger partial charge in [0.05, 0.1) is 6.61 Å². The third-order valence-electron chi connectivity index (χ3n) is 9.68. The lowest BCUT2D eigenvalue weighted by atomic mass is 9.77. The highest BCUT2D eigenvalue weighted by atomic mass is 16.5. The molecule has 0 saturated heterocycles. The van der Waals surface area contributed by atoms with Gasteiger partial charge in [-0.2, -0.15) is 0 Å². The number of esters is 1. The van der Waals surface area contributed by atoms with E-state index in [1.165, 1.54) is 0 Å². The Morgan fingerprint density at radius 3 is 1.85 bits per heavy atom. The second-order valence-corrected chi connectivity index (χ2v) is 13.0. The predicted molar refractivity (Wildman–Crippen MR) is 208 cm³/mol. The number of ether oxygens (including phenoxy) is 1. The minimum Gasteiger partial charge on any atom is -0.461 e. The molecule has 0 aliphatic rings. The molecule has 5 aromatic carbocycles. The third kappa shape index (κ3) is 6.85. The van der Waals surface area contributed by atoms with Gasteiger partial charge in [-0.3, -0.25) is 0 Å². The molecule has 7 rings (SSSR count). The lowest BCUT2D eigenvalue weighted by Crippen LogP contribution is -2.39. The van der Waals surface area contributed by atoms with Gasteiger partial charge in [0.25, 0.3) is 0 Å². The van der Waals surface area contributed by atoms with Crippen molar-refractivity contribution in [1.82, 2.24) is 29.8 Å². The Bertz CT molecular complexity index is 2170. The van der Waals surface area contributed by atoms with E-state index in [0.717, 1.165) is 70.5 Å². The van der Waals surface area contributed by atoms with Gasteiger partial charge in [0.15, 0.2) is 17.3 Å². The van der Waals surface area contributed by atoms with Crippen LogP contribution >= 0.6 is 0 Å². The van der Waals surface area contributed by atoms with Crippen LogP contribution in [0.1, 0.15) is 71.7 Å². The van der Waals surface area contributed by atoms with E-state index in [-0.39, 0.29) is 12.4 Å². The SMILES string of the molecule is CCCCCc1nc(N)c(C(=O)OCC)n1Cc1ccc(-c2ccccc2-c2nnnn2C(c2ccccc2)(c2ccccc2)c2ccccc2)cc1. The number of benzene rings is 5. The Kier molecular flexibility index (Phi) is 10.5. The molecule has 0 aliphatic heterocycles. The standard InChI is InChI=1S/C44H43N7O2/c1-3-5-9-26-39-46-41(45)40(43(52)53-4-2)50(39)31-32-27-29-33(30-28-32)37-24-16-17-25-38(37)42-47-48-49-51(42)44(34-18-10-6-11-19-34,35-20-12-7-13-21-35)36-22-14-8-15-23-36/h6-8,10-25,27-30H,3-5,9,26,31,45H2,1-2H3. The summed E-state index contributed by atoms with van der Waals surface area (Å²) < 4.78 is 9.24. The van der Waals surface area contributed by atoms with Gasteiger partial charge in [-0.15, -0.1) is 5.10 Å². The van der Waals surface area contributed by atoms with E-state index in [1.807, 2.05) is 39.6 Å². The number of hydrogen-bond donors (Lipinski definition) is 1. The van der Waals surface area contributed by atoms with Gasteiger partial charge in [0.2, 0.25) is 0 Å². The zero-order valence-corrected chi connectivity index (χ0v) is 30.1. The number of carbonyl (C=O) groups excluding carboxylic acids is 1. The monoisotopic (exact) mass is 701 g/mol. The number of nitrogen functional groups attached to an aromatic ring is 1. The van der Waals surface area contributed by atoms with Crippen molar-refractivity contribution in [3.63, 3.8) is 0 Å². The van der Waals surface area contributed by atoms with Crippen molar-refractivity contribution >= 4 is 11.8 Å². The number of nitrogens with zero attached hydrogens (tertiary/aromatic N) is 6. The van der Waals surface area contributed by atoms with Crippen LogP contribution in [0.4, 0.5) is 5.82 Å². The maximum atomic E-state index is 13.0. The smallest absolute Gasteiger partial charge is 0.358 e. The van der Waals surface area contributed by atoms with Gasteiger partial charge in [-0.1, -0.05) is 159 Å². The summed E-state index contributed by atoms with van der Waals surface area (Å²) in [5.41, 5.74) is 12.7.